The van der Waals surface area contributed by atoms with E-state index in [0.29, 0.717) is 39.8 Å². The summed E-state index contributed by atoms with van der Waals surface area (Å²) in [7, 11) is 1.69. The van der Waals surface area contributed by atoms with Crippen LogP contribution in [0.15, 0.2) is 47.4 Å². The number of aryl methyl sites for hydroxylation is 2. The third kappa shape index (κ3) is 4.46. The van der Waals surface area contributed by atoms with Gasteiger partial charge in [0.05, 0.1) is 24.0 Å². The molecule has 0 unspecified atom stereocenters. The van der Waals surface area contributed by atoms with Gasteiger partial charge in [0.15, 0.2) is 5.82 Å². The maximum absolute atomic E-state index is 14.2. The summed E-state index contributed by atoms with van der Waals surface area (Å²) in [5.74, 6) is 0.526. The molecule has 1 aromatic carbocycles. The van der Waals surface area contributed by atoms with Crippen LogP contribution in [0, 0.1) is 12.7 Å². The van der Waals surface area contributed by atoms with Gasteiger partial charge in [0.2, 0.25) is 5.56 Å². The predicted molar refractivity (Wildman–Crippen MR) is 132 cm³/mol. The molecular formula is C26H27FN6O2. The molecule has 1 N–H and O–H groups in total. The molecule has 0 aliphatic carbocycles. The van der Waals surface area contributed by atoms with Crippen LogP contribution in [0.4, 0.5) is 4.39 Å². The summed E-state index contributed by atoms with van der Waals surface area (Å²) in [5, 5.41) is 8.20. The van der Waals surface area contributed by atoms with Gasteiger partial charge >= 0.3 is 0 Å². The third-order valence-electron chi connectivity index (χ3n) is 5.92. The van der Waals surface area contributed by atoms with E-state index < -0.39 is 0 Å². The van der Waals surface area contributed by atoms with Gasteiger partial charge in [0.25, 0.3) is 0 Å². The summed E-state index contributed by atoms with van der Waals surface area (Å²) in [4.78, 5) is 21.6. The molecule has 0 bridgehead atoms. The highest BCUT2D eigenvalue weighted by atomic mass is 19.1. The molecular weight excluding hydrogens is 447 g/mol. The first kappa shape index (κ1) is 22.9. The summed E-state index contributed by atoms with van der Waals surface area (Å²) in [6.45, 7) is 8.03. The maximum Gasteiger partial charge on any atom is 0.250 e. The minimum atomic E-state index is -0.380. The van der Waals surface area contributed by atoms with E-state index in [0.717, 1.165) is 30.9 Å². The molecule has 0 amide bonds. The van der Waals surface area contributed by atoms with Crippen LogP contribution in [0.3, 0.4) is 0 Å². The zero-order valence-corrected chi connectivity index (χ0v) is 20.2. The number of halogens is 1. The molecule has 9 heteroatoms. The van der Waals surface area contributed by atoms with Crippen molar-refractivity contribution in [3.05, 3.63) is 70.2 Å². The Morgan fingerprint density at radius 3 is 2.71 bits per heavy atom. The number of rotatable bonds is 5. The fourth-order valence-electron chi connectivity index (χ4n) is 4.30. The highest BCUT2D eigenvalue weighted by Crippen LogP contribution is 2.39. The SMILES string of the molecule is Cc1nc(-c2ccc(=O)n(C)c2)nc(-c2cc3n(n2)CCNC3)c1-c1ccc(F)cc1OC(C)C. The van der Waals surface area contributed by atoms with Gasteiger partial charge in [-0.15, -0.1) is 0 Å². The molecule has 0 fully saturated rings. The second-order valence-electron chi connectivity index (χ2n) is 8.95. The molecule has 8 nitrogen and oxygen atoms in total. The molecule has 1 aliphatic rings. The largest absolute Gasteiger partial charge is 0.490 e. The molecule has 1 aliphatic heterocycles. The zero-order chi connectivity index (χ0) is 24.7. The van der Waals surface area contributed by atoms with Crippen LogP contribution in [0.2, 0.25) is 0 Å². The Morgan fingerprint density at radius 1 is 1.14 bits per heavy atom. The summed E-state index contributed by atoms with van der Waals surface area (Å²) < 4.78 is 23.6. The lowest BCUT2D eigenvalue weighted by Crippen LogP contribution is -2.28. The smallest absolute Gasteiger partial charge is 0.250 e. The molecule has 0 saturated heterocycles. The van der Waals surface area contributed by atoms with Crippen LogP contribution in [-0.4, -0.2) is 37.0 Å². The van der Waals surface area contributed by atoms with Crippen LogP contribution >= 0.6 is 0 Å². The number of benzene rings is 1. The number of fused-ring (bicyclic) bond motifs is 1. The van der Waals surface area contributed by atoms with Gasteiger partial charge in [0.1, 0.15) is 23.0 Å². The van der Waals surface area contributed by atoms with E-state index in [4.69, 9.17) is 19.8 Å². The van der Waals surface area contributed by atoms with Crippen molar-refractivity contribution < 1.29 is 9.13 Å². The highest BCUT2D eigenvalue weighted by Gasteiger charge is 2.23. The van der Waals surface area contributed by atoms with Crippen molar-refractivity contribution in [3.63, 3.8) is 0 Å². The molecule has 0 radical (unpaired) electrons. The first-order chi connectivity index (χ1) is 16.8. The van der Waals surface area contributed by atoms with E-state index in [9.17, 15) is 9.18 Å². The van der Waals surface area contributed by atoms with Gasteiger partial charge in [0, 0.05) is 55.2 Å². The van der Waals surface area contributed by atoms with Crippen molar-refractivity contribution in [2.75, 3.05) is 6.54 Å². The average Bonchev–Trinajstić information content (AvgIpc) is 3.25. The number of ether oxygens (including phenoxy) is 1. The fraction of sp³-hybridized carbons (Fsp3) is 0.308. The number of hydrogen-bond acceptors (Lipinski definition) is 6. The van der Waals surface area contributed by atoms with Crippen LogP contribution in [0.1, 0.15) is 25.2 Å². The van der Waals surface area contributed by atoms with E-state index in [1.54, 1.807) is 25.4 Å². The van der Waals surface area contributed by atoms with Crippen molar-refractivity contribution in [2.24, 2.45) is 7.05 Å². The lowest BCUT2D eigenvalue weighted by molar-refractivity contribution is 0.242. The summed E-state index contributed by atoms with van der Waals surface area (Å²) in [6.07, 6.45) is 1.57. The topological polar surface area (TPSA) is 86.9 Å². The summed E-state index contributed by atoms with van der Waals surface area (Å²) >= 11 is 0. The van der Waals surface area contributed by atoms with Crippen molar-refractivity contribution in [2.45, 2.75) is 40.0 Å². The van der Waals surface area contributed by atoms with Gasteiger partial charge in [-0.2, -0.15) is 5.10 Å². The van der Waals surface area contributed by atoms with E-state index in [1.165, 1.54) is 22.8 Å². The maximum atomic E-state index is 14.2. The Balaban J connectivity index is 1.76. The monoisotopic (exact) mass is 474 g/mol. The number of nitrogens with one attached hydrogen (secondary N) is 1. The Labute approximate surface area is 202 Å². The molecule has 35 heavy (non-hydrogen) atoms. The van der Waals surface area contributed by atoms with Crippen molar-refractivity contribution >= 4 is 0 Å². The van der Waals surface area contributed by atoms with Crippen LogP contribution in [0.5, 0.6) is 5.75 Å². The van der Waals surface area contributed by atoms with Gasteiger partial charge in [-0.1, -0.05) is 0 Å². The third-order valence-corrected chi connectivity index (χ3v) is 5.92. The Morgan fingerprint density at radius 2 is 1.97 bits per heavy atom. The van der Waals surface area contributed by atoms with Crippen LogP contribution < -0.4 is 15.6 Å². The zero-order valence-electron chi connectivity index (χ0n) is 20.2. The normalized spacial score (nSPS) is 13.2. The quantitative estimate of drug-likeness (QED) is 0.475. The lowest BCUT2D eigenvalue weighted by Gasteiger charge is -2.18. The fourth-order valence-corrected chi connectivity index (χ4v) is 4.30. The molecule has 0 spiro atoms. The van der Waals surface area contributed by atoms with Crippen LogP contribution in [-0.2, 0) is 20.1 Å². The Bertz CT molecular complexity index is 1450. The predicted octanol–water partition coefficient (Wildman–Crippen LogP) is 3.71. The van der Waals surface area contributed by atoms with Gasteiger partial charge in [-0.3, -0.25) is 9.48 Å². The number of nitrogens with zero attached hydrogens (tertiary/aromatic N) is 5. The number of hydrogen-bond donors (Lipinski definition) is 1. The van der Waals surface area contributed by atoms with Gasteiger partial charge in [-0.05, 0) is 45.0 Å². The van der Waals surface area contributed by atoms with E-state index >= 15 is 0 Å². The van der Waals surface area contributed by atoms with Crippen molar-refractivity contribution in [1.82, 2.24) is 29.6 Å². The molecule has 3 aromatic heterocycles. The standard InChI is InChI=1S/C26H27FN6O2/c1-15(2)35-22-11-18(27)6-7-20(22)24-16(3)29-26(17-5-8-23(34)32(4)14-17)30-25(24)21-12-19-13-28-9-10-33(19)31-21/h5-8,11-12,14-15,28H,9-10,13H2,1-4H3. The van der Waals surface area contributed by atoms with E-state index in [1.807, 2.05) is 31.5 Å². The molecule has 5 rings (SSSR count). The van der Waals surface area contributed by atoms with Gasteiger partial charge in [-0.25, -0.2) is 14.4 Å². The minimum absolute atomic E-state index is 0.113. The highest BCUT2D eigenvalue weighted by molar-refractivity contribution is 5.85. The minimum Gasteiger partial charge on any atom is -0.490 e. The number of aromatic nitrogens is 5. The molecule has 0 atom stereocenters. The van der Waals surface area contributed by atoms with Crippen molar-refractivity contribution in [1.29, 1.82) is 0 Å². The molecule has 0 saturated carbocycles. The van der Waals surface area contributed by atoms with E-state index in [-0.39, 0.29) is 17.5 Å². The van der Waals surface area contributed by atoms with Gasteiger partial charge < -0.3 is 14.6 Å². The second-order valence-corrected chi connectivity index (χ2v) is 8.95. The van der Waals surface area contributed by atoms with Crippen molar-refractivity contribution in [3.8, 4) is 39.7 Å². The summed E-state index contributed by atoms with van der Waals surface area (Å²) in [5.41, 5.74) is 5.13. The average molecular weight is 475 g/mol. The number of pyridine rings is 1. The molecule has 4 heterocycles. The molecule has 4 aromatic rings. The van der Waals surface area contributed by atoms with E-state index in [2.05, 4.69) is 5.32 Å². The second kappa shape index (κ2) is 9.07. The first-order valence-electron chi connectivity index (χ1n) is 11.6. The Hall–Kier alpha value is -3.85. The molecule has 180 valence electrons. The first-order valence-corrected chi connectivity index (χ1v) is 11.6. The van der Waals surface area contributed by atoms with Crippen LogP contribution in [0.25, 0.3) is 33.9 Å². The summed E-state index contributed by atoms with van der Waals surface area (Å²) in [6, 6.07) is 9.74. The lowest BCUT2D eigenvalue weighted by atomic mass is 9.98. The Kier molecular flexibility index (Phi) is 5.94.